The fourth-order valence-corrected chi connectivity index (χ4v) is 6.29. The number of hydrogen-bond acceptors (Lipinski definition) is 7. The van der Waals surface area contributed by atoms with Gasteiger partial charge < -0.3 is 18.8 Å². The smallest absolute Gasteiger partial charge is 0.338 e. The van der Waals surface area contributed by atoms with Gasteiger partial charge in [0.05, 0.1) is 36.6 Å². The summed E-state index contributed by atoms with van der Waals surface area (Å²) in [6.07, 6.45) is 3.78. The molecule has 0 bridgehead atoms. The molecule has 0 saturated carbocycles. The van der Waals surface area contributed by atoms with Crippen LogP contribution in [0.1, 0.15) is 36.7 Å². The van der Waals surface area contributed by atoms with Crippen LogP contribution < -0.4 is 24.4 Å². The van der Waals surface area contributed by atoms with Crippen molar-refractivity contribution in [3.8, 4) is 11.5 Å². The third-order valence-electron chi connectivity index (χ3n) is 7.12. The molecule has 2 aromatic heterocycles. The van der Waals surface area contributed by atoms with Crippen molar-refractivity contribution in [3.05, 3.63) is 103 Å². The van der Waals surface area contributed by atoms with Gasteiger partial charge in [-0.3, -0.25) is 9.36 Å². The molecule has 0 aliphatic carbocycles. The van der Waals surface area contributed by atoms with Crippen LogP contribution in [0.15, 0.2) is 76.2 Å². The highest BCUT2D eigenvalue weighted by Crippen LogP contribution is 2.37. The fourth-order valence-electron chi connectivity index (χ4n) is 5.27. The summed E-state index contributed by atoms with van der Waals surface area (Å²) in [5.74, 6) is 0.556. The molecule has 0 saturated heterocycles. The zero-order chi connectivity index (χ0) is 28.6. The van der Waals surface area contributed by atoms with Crippen LogP contribution in [0, 0.1) is 6.92 Å². The Morgan fingerprint density at radius 1 is 1.15 bits per heavy atom. The van der Waals surface area contributed by atoms with Crippen molar-refractivity contribution in [2.45, 2.75) is 33.4 Å². The van der Waals surface area contributed by atoms with Crippen molar-refractivity contribution in [1.82, 2.24) is 9.13 Å². The summed E-state index contributed by atoms with van der Waals surface area (Å²) in [6, 6.07) is 12.6. The van der Waals surface area contributed by atoms with Gasteiger partial charge in [-0.05, 0) is 45.0 Å². The maximum absolute atomic E-state index is 14.2. The molecule has 1 atom stereocenters. The van der Waals surface area contributed by atoms with Gasteiger partial charge >= 0.3 is 5.97 Å². The van der Waals surface area contributed by atoms with Gasteiger partial charge in [-0.2, -0.15) is 0 Å². The molecule has 1 unspecified atom stereocenters. The summed E-state index contributed by atoms with van der Waals surface area (Å²) in [4.78, 5) is 32.6. The topological polar surface area (TPSA) is 84.0 Å². The van der Waals surface area contributed by atoms with Crippen molar-refractivity contribution in [1.29, 1.82) is 0 Å². The van der Waals surface area contributed by atoms with Crippen LogP contribution in [0.2, 0.25) is 0 Å². The lowest BCUT2D eigenvalue weighted by atomic mass is 9.95. The summed E-state index contributed by atoms with van der Waals surface area (Å²) in [5, 5.41) is 1.05. The van der Waals surface area contributed by atoms with E-state index < -0.39 is 12.0 Å². The minimum atomic E-state index is -0.790. The summed E-state index contributed by atoms with van der Waals surface area (Å²) in [6.45, 7) is 10.3. The molecule has 0 radical (unpaired) electrons. The SMILES string of the molecule is C=CCn1c(C)c(/C=c2/sc3n(c2=O)C(c2ccc(OC)cc2OC)C(C(=O)OCC)=C(C)N=3)c2ccccc21. The highest BCUT2D eigenvalue weighted by Gasteiger charge is 2.35. The van der Waals surface area contributed by atoms with Crippen molar-refractivity contribution in [2.75, 3.05) is 20.8 Å². The molecule has 9 heteroatoms. The lowest BCUT2D eigenvalue weighted by Crippen LogP contribution is -2.40. The fraction of sp³-hybridized carbons (Fsp3) is 0.258. The number of carbonyl (C=O) groups is 1. The Balaban J connectivity index is 1.79. The number of nitrogens with zero attached hydrogens (tertiary/aromatic N) is 3. The van der Waals surface area contributed by atoms with E-state index in [0.29, 0.717) is 44.2 Å². The van der Waals surface area contributed by atoms with Gasteiger partial charge in [-0.1, -0.05) is 35.6 Å². The highest BCUT2D eigenvalue weighted by atomic mass is 32.1. The van der Waals surface area contributed by atoms with Crippen LogP contribution in [0.5, 0.6) is 11.5 Å². The second-order valence-corrected chi connectivity index (χ2v) is 10.3. The zero-order valence-corrected chi connectivity index (χ0v) is 24.0. The number of methoxy groups -OCH3 is 2. The van der Waals surface area contributed by atoms with E-state index >= 15 is 0 Å². The van der Waals surface area contributed by atoms with Crippen LogP contribution in [-0.4, -0.2) is 35.9 Å². The number of benzene rings is 2. The molecule has 5 rings (SSSR count). The van der Waals surface area contributed by atoms with E-state index in [2.05, 4.69) is 23.3 Å². The van der Waals surface area contributed by atoms with Crippen LogP contribution in [0.4, 0.5) is 0 Å². The molecule has 1 aliphatic rings. The lowest BCUT2D eigenvalue weighted by molar-refractivity contribution is -0.139. The zero-order valence-electron chi connectivity index (χ0n) is 23.2. The molecule has 206 valence electrons. The number of fused-ring (bicyclic) bond motifs is 2. The van der Waals surface area contributed by atoms with Crippen LogP contribution >= 0.6 is 11.3 Å². The van der Waals surface area contributed by atoms with Crippen LogP contribution in [-0.2, 0) is 16.1 Å². The third-order valence-corrected chi connectivity index (χ3v) is 8.10. The van der Waals surface area contributed by atoms with E-state index in [1.807, 2.05) is 37.3 Å². The van der Waals surface area contributed by atoms with E-state index in [1.54, 1.807) is 44.8 Å². The number of carbonyl (C=O) groups excluding carboxylic acids is 1. The molecule has 8 nitrogen and oxygen atoms in total. The van der Waals surface area contributed by atoms with Crippen molar-refractivity contribution in [2.24, 2.45) is 4.99 Å². The normalized spacial score (nSPS) is 15.1. The van der Waals surface area contributed by atoms with E-state index in [4.69, 9.17) is 19.2 Å². The average molecular weight is 558 g/mol. The molecule has 40 heavy (non-hydrogen) atoms. The molecular formula is C31H31N3O5S. The highest BCUT2D eigenvalue weighted by molar-refractivity contribution is 7.07. The summed E-state index contributed by atoms with van der Waals surface area (Å²) >= 11 is 1.29. The Labute approximate surface area is 235 Å². The molecular weight excluding hydrogens is 526 g/mol. The first kappa shape index (κ1) is 27.2. The summed E-state index contributed by atoms with van der Waals surface area (Å²) < 4.78 is 20.8. The Kier molecular flexibility index (Phi) is 7.49. The number of rotatable bonds is 8. The quantitative estimate of drug-likeness (QED) is 0.239. The van der Waals surface area contributed by atoms with Gasteiger partial charge in [0, 0.05) is 40.3 Å². The predicted octanol–water partition coefficient (Wildman–Crippen LogP) is 4.26. The summed E-state index contributed by atoms with van der Waals surface area (Å²) in [5.41, 5.74) is 4.23. The predicted molar refractivity (Wildman–Crippen MR) is 157 cm³/mol. The first-order valence-corrected chi connectivity index (χ1v) is 13.8. The molecule has 0 N–H and O–H groups in total. The monoisotopic (exact) mass is 557 g/mol. The van der Waals surface area contributed by atoms with Crippen molar-refractivity contribution >= 4 is 34.3 Å². The first-order valence-electron chi connectivity index (χ1n) is 12.9. The Hall–Kier alpha value is -4.37. The molecule has 0 spiro atoms. The molecule has 2 aromatic carbocycles. The number of aromatic nitrogens is 2. The maximum atomic E-state index is 14.2. The van der Waals surface area contributed by atoms with Gasteiger partial charge in [-0.25, -0.2) is 9.79 Å². The first-order chi connectivity index (χ1) is 19.3. The molecule has 3 heterocycles. The minimum absolute atomic E-state index is 0.195. The molecule has 0 amide bonds. The second-order valence-electron chi connectivity index (χ2n) is 9.33. The maximum Gasteiger partial charge on any atom is 0.338 e. The molecule has 1 aliphatic heterocycles. The number of para-hydroxylation sites is 1. The van der Waals surface area contributed by atoms with Gasteiger partial charge in [0.25, 0.3) is 5.56 Å². The van der Waals surface area contributed by atoms with E-state index in [0.717, 1.165) is 22.2 Å². The van der Waals surface area contributed by atoms with Gasteiger partial charge in [0.1, 0.15) is 17.5 Å². The Morgan fingerprint density at radius 3 is 2.62 bits per heavy atom. The van der Waals surface area contributed by atoms with Crippen molar-refractivity contribution in [3.63, 3.8) is 0 Å². The van der Waals surface area contributed by atoms with Gasteiger partial charge in [0.15, 0.2) is 4.80 Å². The van der Waals surface area contributed by atoms with Crippen LogP contribution in [0.25, 0.3) is 17.0 Å². The largest absolute Gasteiger partial charge is 0.497 e. The van der Waals surface area contributed by atoms with Crippen LogP contribution in [0.3, 0.4) is 0 Å². The van der Waals surface area contributed by atoms with E-state index in [1.165, 1.54) is 11.3 Å². The van der Waals surface area contributed by atoms with Gasteiger partial charge in [-0.15, -0.1) is 6.58 Å². The molecule has 4 aromatic rings. The third kappa shape index (κ3) is 4.46. The minimum Gasteiger partial charge on any atom is -0.497 e. The second kappa shape index (κ2) is 11.0. The summed E-state index contributed by atoms with van der Waals surface area (Å²) in [7, 11) is 3.12. The number of hydrogen-bond donors (Lipinski definition) is 0. The Morgan fingerprint density at radius 2 is 1.93 bits per heavy atom. The number of thiazole rings is 1. The van der Waals surface area contributed by atoms with E-state index in [-0.39, 0.29) is 12.2 Å². The van der Waals surface area contributed by atoms with Crippen molar-refractivity contribution < 1.29 is 19.0 Å². The number of ether oxygens (including phenoxy) is 3. The van der Waals surface area contributed by atoms with Gasteiger partial charge in [0.2, 0.25) is 0 Å². The average Bonchev–Trinajstić information content (AvgIpc) is 3.40. The number of allylic oxidation sites excluding steroid dienone is 2. The number of esters is 1. The standard InChI is InChI=1S/C31H31N3O5S/c1-7-15-33-19(4)23(21-11-9-10-12-24(21)33)17-26-29(35)34-28(22-14-13-20(37-5)16-25(22)38-6)27(30(36)39-8-2)18(3)32-31(34)40-26/h7,9-14,16-17,28H,1,8,15H2,2-6H3/b26-17+. The Bertz CT molecular complexity index is 1860. The van der Waals surface area contributed by atoms with E-state index in [9.17, 15) is 9.59 Å². The lowest BCUT2D eigenvalue weighted by Gasteiger charge is -2.26. The molecule has 0 fully saturated rings.